The van der Waals surface area contributed by atoms with Crippen molar-refractivity contribution in [2.24, 2.45) is 41.2 Å². The normalized spacial score (nSPS) is 26.4. The van der Waals surface area contributed by atoms with Crippen molar-refractivity contribution in [1.82, 2.24) is 20.6 Å². The summed E-state index contributed by atoms with van der Waals surface area (Å²) in [5.41, 5.74) is 16.2. The molecule has 0 saturated carbocycles. The van der Waals surface area contributed by atoms with Crippen LogP contribution in [0.1, 0.15) is 160 Å². The number of allylic oxidation sites excluding steroid dienone is 3. The van der Waals surface area contributed by atoms with Crippen molar-refractivity contribution < 1.29 is 23.9 Å². The number of hydrogen-bond acceptors (Lipinski definition) is 8. The summed E-state index contributed by atoms with van der Waals surface area (Å²) in [7, 11) is 1.31. The number of methoxy groups -OCH3 is 1. The monoisotopic (exact) mass is 890 g/mol. The summed E-state index contributed by atoms with van der Waals surface area (Å²) in [5, 5.41) is 9.22. The summed E-state index contributed by atoms with van der Waals surface area (Å²) in [4.78, 5) is 49.1. The Labute approximate surface area is 388 Å². The third kappa shape index (κ3) is 10.7. The first-order valence-corrected chi connectivity index (χ1v) is 24.6. The van der Waals surface area contributed by atoms with Gasteiger partial charge in [-0.15, -0.1) is 0 Å². The van der Waals surface area contributed by atoms with Gasteiger partial charge in [-0.05, 0) is 118 Å². The van der Waals surface area contributed by atoms with Crippen molar-refractivity contribution in [2.75, 3.05) is 13.7 Å². The van der Waals surface area contributed by atoms with E-state index in [-0.39, 0.29) is 42.7 Å². The number of Topliss-reactive ketones (excluding diaryl/α,β-unsaturated/α-hetero) is 1. The van der Waals surface area contributed by atoms with Crippen LogP contribution in [0.5, 0.6) is 0 Å². The molecule has 354 valence electrons. The maximum atomic E-state index is 14.6. The Bertz CT molecular complexity index is 2380. The zero-order valence-electron chi connectivity index (χ0n) is 41.4. The number of fused-ring (bicyclic) bond motifs is 7. The van der Waals surface area contributed by atoms with Gasteiger partial charge in [0, 0.05) is 68.6 Å². The fourth-order valence-corrected chi connectivity index (χ4v) is 10.8. The van der Waals surface area contributed by atoms with Crippen molar-refractivity contribution >= 4 is 42.0 Å². The second-order valence-corrected chi connectivity index (χ2v) is 20.5. The number of nitrogens with one attached hydrogen (secondary N) is 4. The number of nitrogens with two attached hydrogens (primary N) is 1. The predicted molar refractivity (Wildman–Crippen MR) is 264 cm³/mol. The molecule has 2 aromatic heterocycles. The van der Waals surface area contributed by atoms with Gasteiger partial charge < -0.3 is 35.8 Å². The van der Waals surface area contributed by atoms with E-state index in [0.717, 1.165) is 81.1 Å². The molecular weight excluding hydrogens is 811 g/mol. The summed E-state index contributed by atoms with van der Waals surface area (Å²) >= 11 is 0. The number of carbonyl (C=O) groups excluding carboxylic acids is 3. The molecule has 0 radical (unpaired) electrons. The number of esters is 2. The number of H-pyrrole nitrogens is 2. The van der Waals surface area contributed by atoms with Crippen LogP contribution in [0.3, 0.4) is 0 Å². The molecule has 5 heterocycles. The van der Waals surface area contributed by atoms with E-state index in [4.69, 9.17) is 15.2 Å². The first-order valence-electron chi connectivity index (χ1n) is 24.6. The molecule has 1 fully saturated rings. The highest BCUT2D eigenvalue weighted by Gasteiger charge is 2.56. The Balaban J connectivity index is 1.22. The lowest BCUT2D eigenvalue weighted by molar-refractivity contribution is -0.147. The van der Waals surface area contributed by atoms with Gasteiger partial charge in [-0.3, -0.25) is 14.4 Å². The van der Waals surface area contributed by atoms with Gasteiger partial charge in [0.15, 0.2) is 5.78 Å². The quantitative estimate of drug-likeness (QED) is 0.0502. The lowest BCUT2D eigenvalue weighted by atomic mass is 9.83. The van der Waals surface area contributed by atoms with E-state index in [1.807, 2.05) is 25.2 Å². The molecule has 0 aromatic carbocycles. The van der Waals surface area contributed by atoms with E-state index in [0.29, 0.717) is 34.9 Å². The fourth-order valence-electron chi connectivity index (χ4n) is 10.8. The molecule has 3 aliphatic heterocycles. The average Bonchev–Trinajstić information content (AvgIpc) is 3.98. The highest BCUT2D eigenvalue weighted by Crippen LogP contribution is 2.49. The lowest BCUT2D eigenvalue weighted by Crippen LogP contribution is -2.44. The van der Waals surface area contributed by atoms with Crippen LogP contribution in [-0.2, 0) is 30.3 Å². The molecule has 4 aliphatic rings. The summed E-state index contributed by atoms with van der Waals surface area (Å²) in [6.07, 6.45) is 22.9. The van der Waals surface area contributed by atoms with Crippen molar-refractivity contribution in [2.45, 2.75) is 158 Å². The highest BCUT2D eigenvalue weighted by molar-refractivity contribution is 6.18. The molecule has 2 aromatic rings. The van der Waals surface area contributed by atoms with Crippen LogP contribution in [0, 0.1) is 49.4 Å². The minimum atomic E-state index is -1.23. The van der Waals surface area contributed by atoms with E-state index in [1.165, 1.54) is 57.6 Å². The summed E-state index contributed by atoms with van der Waals surface area (Å²) in [6, 6.07) is -0.213. The van der Waals surface area contributed by atoms with Crippen molar-refractivity contribution in [1.29, 1.82) is 0 Å². The number of ether oxygens (including phenoxy) is 2. The van der Waals surface area contributed by atoms with Gasteiger partial charge in [0.25, 0.3) is 0 Å². The predicted octanol–water partition coefficient (Wildman–Crippen LogP) is 9.26. The molecule has 65 heavy (non-hydrogen) atoms. The number of hydrogen-bond donors (Lipinski definition) is 5. The van der Waals surface area contributed by atoms with Crippen molar-refractivity contribution in [3.63, 3.8) is 0 Å². The molecule has 10 heteroatoms. The standard InChI is InChI=1S/C55H79N5O5/c1-13-38-35(8)41-28-43-37(10)40(24-25-47(61)65-27-26-34(7)23-17-22-33(6)21-16-20-32(5)19-15-18-31(3)4)51(59-43)48-49(54(63)64-12)53(62)50-52(48)60-46(55(50,11)56)30-45-39(14-2)36(9)42(58-45)29-44(38)57-41/h13,26,28-33,37,40,43,49,57-60H,1,14-25,27,56H2,2-12H3/b34-26+,41-28-,44-29-,46-30-,51-48-/t32-,33-,37+,40+,43?,49-,55+/m1/s1. The van der Waals surface area contributed by atoms with Crippen LogP contribution in [0.2, 0.25) is 0 Å². The average molecular weight is 890 g/mol. The van der Waals surface area contributed by atoms with Gasteiger partial charge in [0.05, 0.1) is 18.3 Å². The smallest absolute Gasteiger partial charge is 0.321 e. The van der Waals surface area contributed by atoms with Crippen molar-refractivity contribution in [3.8, 4) is 0 Å². The Morgan fingerprint density at radius 3 is 2.26 bits per heavy atom. The molecule has 1 saturated heterocycles. The van der Waals surface area contributed by atoms with Crippen LogP contribution in [0.15, 0.2) is 46.5 Å². The van der Waals surface area contributed by atoms with Crippen LogP contribution < -0.4 is 27.1 Å². The maximum absolute atomic E-state index is 14.6. The van der Waals surface area contributed by atoms with Crippen LogP contribution in [0.4, 0.5) is 0 Å². The molecule has 7 atom stereocenters. The molecule has 6 N–H and O–H groups in total. The topological polar surface area (TPSA) is 151 Å². The number of rotatable bonds is 20. The van der Waals surface area contributed by atoms with Crippen LogP contribution in [0.25, 0.3) is 24.3 Å². The van der Waals surface area contributed by atoms with E-state index >= 15 is 0 Å². The van der Waals surface area contributed by atoms with Gasteiger partial charge >= 0.3 is 11.9 Å². The summed E-state index contributed by atoms with van der Waals surface area (Å²) in [5.74, 6) is -0.447. The number of carbonyl (C=O) groups is 3. The number of aromatic nitrogens is 2. The van der Waals surface area contributed by atoms with E-state index in [2.05, 4.69) is 102 Å². The zero-order chi connectivity index (χ0) is 47.3. The van der Waals surface area contributed by atoms with E-state index in [1.54, 1.807) is 0 Å². The van der Waals surface area contributed by atoms with Gasteiger partial charge in [-0.2, -0.15) is 0 Å². The summed E-state index contributed by atoms with van der Waals surface area (Å²) < 4.78 is 11.1. The molecule has 0 amide bonds. The highest BCUT2D eigenvalue weighted by atomic mass is 16.5. The van der Waals surface area contributed by atoms with Crippen LogP contribution in [-0.4, -0.2) is 53.0 Å². The SMILES string of the molecule is C=Cc1c(C)/c2[nH]/c1=C\c1[nH]c(c(CC)c1C)/C=C1\NC3=C(C(=O)[C@H](C(=O)OC)/C3=C3/NC(\C=2)[C@@H](C)[C@@H]3CCC(=O)OC/C=C(\C)CCC[C@H](C)CCC[C@H](C)CCCC(C)C)[C@@]1(C)N. The van der Waals surface area contributed by atoms with Gasteiger partial charge in [0.1, 0.15) is 12.5 Å². The molecular formula is C55H79N5O5. The Kier molecular flexibility index (Phi) is 16.2. The van der Waals surface area contributed by atoms with Gasteiger partial charge in [0.2, 0.25) is 0 Å². The molecule has 0 spiro atoms. The fraction of sp³-hybridized carbons (Fsp3) is 0.582. The Morgan fingerprint density at radius 2 is 1.62 bits per heavy atom. The third-order valence-corrected chi connectivity index (χ3v) is 15.1. The maximum Gasteiger partial charge on any atom is 0.321 e. The second-order valence-electron chi connectivity index (χ2n) is 20.5. The Hall–Kier alpha value is -4.83. The molecule has 1 unspecified atom stereocenters. The van der Waals surface area contributed by atoms with Crippen molar-refractivity contribution in [3.05, 3.63) is 90.8 Å². The van der Waals surface area contributed by atoms with Gasteiger partial charge in [-0.25, -0.2) is 0 Å². The lowest BCUT2D eigenvalue weighted by Gasteiger charge is -2.26. The summed E-state index contributed by atoms with van der Waals surface area (Å²) in [6.45, 7) is 26.2. The minimum Gasteiger partial charge on any atom is -0.468 e. The zero-order valence-corrected chi connectivity index (χ0v) is 41.4. The molecule has 8 bridgehead atoms. The first kappa shape index (κ1) is 49.6. The second kappa shape index (κ2) is 21.2. The van der Waals surface area contributed by atoms with E-state index < -0.39 is 17.4 Å². The van der Waals surface area contributed by atoms with Gasteiger partial charge in [-0.1, -0.05) is 105 Å². The largest absolute Gasteiger partial charge is 0.468 e. The minimum absolute atomic E-state index is 0.0374. The number of aromatic amines is 2. The third-order valence-electron chi connectivity index (χ3n) is 15.1. The number of ketones is 1. The molecule has 6 rings (SSSR count). The molecule has 1 aliphatic carbocycles. The van der Waals surface area contributed by atoms with E-state index in [9.17, 15) is 14.4 Å². The van der Waals surface area contributed by atoms with Crippen LogP contribution >= 0.6 is 0 Å². The first-order chi connectivity index (χ1) is 30.9. The Morgan fingerprint density at radius 1 is 0.938 bits per heavy atom. The molecule has 10 nitrogen and oxygen atoms in total.